The molecule has 0 radical (unpaired) electrons. The molecule has 0 aliphatic carbocycles. The van der Waals surface area contributed by atoms with Crippen LogP contribution in [0.4, 0.5) is 10.1 Å². The highest BCUT2D eigenvalue weighted by molar-refractivity contribution is 6.04. The molecule has 0 unspecified atom stereocenters. The molecule has 2 heterocycles. The summed E-state index contributed by atoms with van der Waals surface area (Å²) in [7, 11) is 0. The second-order valence-corrected chi connectivity index (χ2v) is 7.09. The summed E-state index contributed by atoms with van der Waals surface area (Å²) >= 11 is 0. The van der Waals surface area contributed by atoms with Gasteiger partial charge in [-0.3, -0.25) is 9.59 Å². The Morgan fingerprint density at radius 1 is 1.17 bits per heavy atom. The van der Waals surface area contributed by atoms with E-state index < -0.39 is 0 Å². The molecule has 0 atom stereocenters. The molecular formula is C22H22FN3O3. The summed E-state index contributed by atoms with van der Waals surface area (Å²) in [6, 6.07) is 11.4. The number of anilines is 1. The number of halogens is 1. The van der Waals surface area contributed by atoms with Crippen molar-refractivity contribution in [2.75, 3.05) is 31.6 Å². The van der Waals surface area contributed by atoms with E-state index >= 15 is 0 Å². The van der Waals surface area contributed by atoms with Gasteiger partial charge < -0.3 is 19.9 Å². The van der Waals surface area contributed by atoms with Crippen molar-refractivity contribution in [2.24, 2.45) is 0 Å². The Labute approximate surface area is 167 Å². The first kappa shape index (κ1) is 19.1. The van der Waals surface area contributed by atoms with Crippen LogP contribution >= 0.6 is 0 Å². The van der Waals surface area contributed by atoms with Crippen molar-refractivity contribution in [3.63, 3.8) is 0 Å². The SMILES string of the molecule is Cc1[nH]c2ccc(F)cc2c1CC(=O)Nc1ccccc1C(=O)N1CCOCC1. The number of morpholine rings is 1. The number of carbonyl (C=O) groups excluding carboxylic acids is 2. The fourth-order valence-corrected chi connectivity index (χ4v) is 3.65. The van der Waals surface area contributed by atoms with Crippen molar-refractivity contribution < 1.29 is 18.7 Å². The zero-order valence-electron chi connectivity index (χ0n) is 16.1. The van der Waals surface area contributed by atoms with Crippen molar-refractivity contribution in [1.82, 2.24) is 9.88 Å². The number of hydrogen-bond donors (Lipinski definition) is 2. The van der Waals surface area contributed by atoms with Crippen LogP contribution in [0.3, 0.4) is 0 Å². The third-order valence-corrected chi connectivity index (χ3v) is 5.15. The van der Waals surface area contributed by atoms with Gasteiger partial charge in [0.05, 0.1) is 30.9 Å². The van der Waals surface area contributed by atoms with Crippen LogP contribution in [-0.2, 0) is 16.0 Å². The summed E-state index contributed by atoms with van der Waals surface area (Å²) in [6.45, 7) is 3.94. The van der Waals surface area contributed by atoms with Crippen molar-refractivity contribution in [1.29, 1.82) is 0 Å². The molecule has 150 valence electrons. The topological polar surface area (TPSA) is 74.4 Å². The van der Waals surface area contributed by atoms with Crippen molar-refractivity contribution >= 4 is 28.4 Å². The largest absolute Gasteiger partial charge is 0.378 e. The van der Waals surface area contributed by atoms with E-state index in [1.165, 1.54) is 12.1 Å². The molecular weight excluding hydrogens is 373 g/mol. The number of aromatic nitrogens is 1. The number of aryl methyl sites for hydroxylation is 1. The van der Waals surface area contributed by atoms with Crippen LogP contribution in [0.15, 0.2) is 42.5 Å². The summed E-state index contributed by atoms with van der Waals surface area (Å²) < 4.78 is 19.0. The third kappa shape index (κ3) is 4.00. The number of para-hydroxylation sites is 1. The molecule has 4 rings (SSSR count). The quantitative estimate of drug-likeness (QED) is 0.712. The van der Waals surface area contributed by atoms with Gasteiger partial charge in [-0.15, -0.1) is 0 Å². The standard InChI is InChI=1S/C22H22FN3O3/c1-14-17(18-12-15(23)6-7-20(18)24-14)13-21(27)25-19-5-3-2-4-16(19)22(28)26-8-10-29-11-9-26/h2-7,12,24H,8-11,13H2,1H3,(H,25,27). The number of carbonyl (C=O) groups is 2. The molecule has 0 spiro atoms. The number of nitrogens with one attached hydrogen (secondary N) is 2. The van der Waals surface area contributed by atoms with E-state index in [0.29, 0.717) is 42.9 Å². The van der Waals surface area contributed by atoms with Gasteiger partial charge in [-0.25, -0.2) is 4.39 Å². The first-order valence-corrected chi connectivity index (χ1v) is 9.55. The van der Waals surface area contributed by atoms with Gasteiger partial charge in [-0.2, -0.15) is 0 Å². The van der Waals surface area contributed by atoms with Crippen LogP contribution in [0.25, 0.3) is 10.9 Å². The van der Waals surface area contributed by atoms with Gasteiger partial charge in [-0.05, 0) is 42.8 Å². The smallest absolute Gasteiger partial charge is 0.256 e. The summed E-state index contributed by atoms with van der Waals surface area (Å²) in [5, 5.41) is 3.54. The Morgan fingerprint density at radius 3 is 2.72 bits per heavy atom. The predicted molar refractivity (Wildman–Crippen MR) is 108 cm³/mol. The summed E-state index contributed by atoms with van der Waals surface area (Å²) in [5.41, 5.74) is 3.27. The fraction of sp³-hybridized carbons (Fsp3) is 0.273. The number of hydrogen-bond acceptors (Lipinski definition) is 3. The minimum Gasteiger partial charge on any atom is -0.378 e. The van der Waals surface area contributed by atoms with Crippen LogP contribution in [0.5, 0.6) is 0 Å². The van der Waals surface area contributed by atoms with E-state index in [2.05, 4.69) is 10.3 Å². The van der Waals surface area contributed by atoms with Crippen LogP contribution < -0.4 is 5.32 Å². The Kier molecular flexibility index (Phi) is 5.31. The molecule has 1 aromatic heterocycles. The Morgan fingerprint density at radius 2 is 1.93 bits per heavy atom. The molecule has 1 saturated heterocycles. The second-order valence-electron chi connectivity index (χ2n) is 7.09. The lowest BCUT2D eigenvalue weighted by Gasteiger charge is -2.27. The zero-order chi connectivity index (χ0) is 20.4. The molecule has 3 aromatic rings. The number of amides is 2. The maximum absolute atomic E-state index is 13.7. The molecule has 1 aliphatic rings. The van der Waals surface area contributed by atoms with E-state index in [1.54, 1.807) is 35.2 Å². The van der Waals surface area contributed by atoms with Gasteiger partial charge >= 0.3 is 0 Å². The molecule has 7 heteroatoms. The van der Waals surface area contributed by atoms with E-state index in [9.17, 15) is 14.0 Å². The number of benzene rings is 2. The minimum absolute atomic E-state index is 0.0787. The Balaban J connectivity index is 1.54. The number of fused-ring (bicyclic) bond motifs is 1. The van der Waals surface area contributed by atoms with Gasteiger partial charge in [0.25, 0.3) is 5.91 Å². The van der Waals surface area contributed by atoms with Crippen molar-refractivity contribution in [3.05, 3.63) is 65.1 Å². The molecule has 2 amide bonds. The van der Waals surface area contributed by atoms with Gasteiger partial charge in [0.2, 0.25) is 5.91 Å². The highest BCUT2D eigenvalue weighted by Gasteiger charge is 2.22. The first-order chi connectivity index (χ1) is 14.0. The predicted octanol–water partition coefficient (Wildman–Crippen LogP) is 3.27. The lowest BCUT2D eigenvalue weighted by atomic mass is 10.1. The maximum atomic E-state index is 13.7. The van der Waals surface area contributed by atoms with E-state index in [4.69, 9.17) is 4.74 Å². The monoisotopic (exact) mass is 395 g/mol. The zero-order valence-corrected chi connectivity index (χ0v) is 16.1. The van der Waals surface area contributed by atoms with Crippen LogP contribution in [0.2, 0.25) is 0 Å². The molecule has 6 nitrogen and oxygen atoms in total. The average Bonchev–Trinajstić information content (AvgIpc) is 3.03. The Bertz CT molecular complexity index is 1070. The lowest BCUT2D eigenvalue weighted by Crippen LogP contribution is -2.41. The molecule has 2 N–H and O–H groups in total. The normalized spacial score (nSPS) is 14.2. The van der Waals surface area contributed by atoms with Gasteiger partial charge in [0.1, 0.15) is 5.82 Å². The van der Waals surface area contributed by atoms with Gasteiger partial charge in [0.15, 0.2) is 0 Å². The van der Waals surface area contributed by atoms with Crippen LogP contribution in [0, 0.1) is 12.7 Å². The van der Waals surface area contributed by atoms with Crippen LogP contribution in [-0.4, -0.2) is 48.0 Å². The second kappa shape index (κ2) is 8.05. The highest BCUT2D eigenvalue weighted by atomic mass is 19.1. The molecule has 29 heavy (non-hydrogen) atoms. The number of aromatic amines is 1. The lowest BCUT2D eigenvalue weighted by molar-refractivity contribution is -0.115. The maximum Gasteiger partial charge on any atom is 0.256 e. The number of rotatable bonds is 4. The number of nitrogens with zero attached hydrogens (tertiary/aromatic N) is 1. The first-order valence-electron chi connectivity index (χ1n) is 9.55. The van der Waals surface area contributed by atoms with E-state index in [0.717, 1.165) is 16.8 Å². The van der Waals surface area contributed by atoms with Crippen LogP contribution in [0.1, 0.15) is 21.6 Å². The minimum atomic E-state index is -0.348. The molecule has 1 aliphatic heterocycles. The summed E-state index contributed by atoms with van der Waals surface area (Å²) in [6.07, 6.45) is 0.0787. The molecule has 2 aromatic carbocycles. The van der Waals surface area contributed by atoms with Crippen molar-refractivity contribution in [3.8, 4) is 0 Å². The van der Waals surface area contributed by atoms with Gasteiger partial charge in [-0.1, -0.05) is 12.1 Å². The van der Waals surface area contributed by atoms with E-state index in [-0.39, 0.29) is 24.1 Å². The summed E-state index contributed by atoms with van der Waals surface area (Å²) in [4.78, 5) is 30.5. The third-order valence-electron chi connectivity index (χ3n) is 5.15. The highest BCUT2D eigenvalue weighted by Crippen LogP contribution is 2.24. The molecule has 1 fully saturated rings. The average molecular weight is 395 g/mol. The number of H-pyrrole nitrogens is 1. The fourth-order valence-electron chi connectivity index (χ4n) is 3.65. The van der Waals surface area contributed by atoms with Crippen molar-refractivity contribution in [2.45, 2.75) is 13.3 Å². The molecule has 0 bridgehead atoms. The summed E-state index contributed by atoms with van der Waals surface area (Å²) in [5.74, 6) is -0.741. The van der Waals surface area contributed by atoms with Gasteiger partial charge in [0, 0.05) is 29.7 Å². The molecule has 0 saturated carbocycles. The Hall–Kier alpha value is -3.19. The number of ether oxygens (including phenoxy) is 1. The van der Waals surface area contributed by atoms with E-state index in [1.807, 2.05) is 6.92 Å².